The van der Waals surface area contributed by atoms with Crippen molar-refractivity contribution in [3.8, 4) is 0 Å². The standard InChI is InChI=1S/C23H29F3N6O4S/c1-5-15(30-34)14-10-27-22(29-20(14)23(24,25)26)32-7-6-31-17-9-18(37(4,35)36)13(11-33)8-16(17)28-21(31)19(32)12(2)3/h8-10,12,15,19,22,29,33H,5-7,11H2,1-4H3/t15?,19-,22?/m0/s1. The smallest absolute Gasteiger partial charge is 0.392 e. The second-order valence-corrected chi connectivity index (χ2v) is 11.6. The molecule has 2 unspecified atom stereocenters. The third kappa shape index (κ3) is 4.89. The molecule has 0 aliphatic carbocycles. The van der Waals surface area contributed by atoms with Crippen molar-refractivity contribution in [2.24, 2.45) is 16.1 Å². The monoisotopic (exact) mass is 542 g/mol. The Hall–Kier alpha value is -2.84. The highest BCUT2D eigenvalue weighted by molar-refractivity contribution is 7.90. The number of aromatic nitrogens is 2. The van der Waals surface area contributed by atoms with Gasteiger partial charge in [-0.15, -0.1) is 0 Å². The third-order valence-corrected chi connectivity index (χ3v) is 7.93. The van der Waals surface area contributed by atoms with Crippen LogP contribution in [0.3, 0.4) is 0 Å². The lowest BCUT2D eigenvalue weighted by molar-refractivity contribution is -0.102. The Morgan fingerprint density at radius 3 is 2.51 bits per heavy atom. The van der Waals surface area contributed by atoms with Crippen molar-refractivity contribution in [2.45, 2.75) is 69.8 Å². The van der Waals surface area contributed by atoms with Crippen LogP contribution in [0.15, 0.2) is 38.5 Å². The van der Waals surface area contributed by atoms with E-state index in [0.29, 0.717) is 29.9 Å². The number of benzene rings is 1. The molecule has 1 aromatic heterocycles. The zero-order valence-corrected chi connectivity index (χ0v) is 21.6. The van der Waals surface area contributed by atoms with Crippen LogP contribution < -0.4 is 5.32 Å². The van der Waals surface area contributed by atoms with Gasteiger partial charge in [-0.1, -0.05) is 25.9 Å². The maximum atomic E-state index is 14.0. The zero-order chi connectivity index (χ0) is 27.3. The number of aliphatic imine (C=N–C) groups is 1. The molecule has 2 aromatic rings. The minimum absolute atomic E-state index is 0.00836. The number of aliphatic hydroxyl groups excluding tert-OH is 1. The molecule has 0 bridgehead atoms. The molecule has 202 valence electrons. The zero-order valence-electron chi connectivity index (χ0n) is 20.8. The van der Waals surface area contributed by atoms with Gasteiger partial charge in [0.25, 0.3) is 0 Å². The van der Waals surface area contributed by atoms with E-state index in [0.717, 1.165) is 12.5 Å². The minimum atomic E-state index is -4.74. The minimum Gasteiger partial charge on any atom is -0.392 e. The van der Waals surface area contributed by atoms with Crippen molar-refractivity contribution in [1.82, 2.24) is 19.8 Å². The molecule has 2 aliphatic heterocycles. The van der Waals surface area contributed by atoms with Crippen LogP contribution in [0.5, 0.6) is 0 Å². The van der Waals surface area contributed by atoms with Gasteiger partial charge >= 0.3 is 6.18 Å². The Kier molecular flexibility index (Phi) is 7.20. The quantitative estimate of drug-likeness (QED) is 0.514. The molecule has 3 heterocycles. The fourth-order valence-electron chi connectivity index (χ4n) is 5.08. The summed E-state index contributed by atoms with van der Waals surface area (Å²) in [5.41, 5.74) is -0.0508. The van der Waals surface area contributed by atoms with Crippen LogP contribution >= 0.6 is 0 Å². The van der Waals surface area contributed by atoms with Crippen molar-refractivity contribution in [3.63, 3.8) is 0 Å². The molecule has 0 fully saturated rings. The number of hydrogen-bond donors (Lipinski definition) is 2. The molecule has 1 aromatic carbocycles. The molecule has 2 aliphatic rings. The number of imidazole rings is 1. The van der Waals surface area contributed by atoms with Gasteiger partial charge in [-0.05, 0) is 30.0 Å². The van der Waals surface area contributed by atoms with Gasteiger partial charge in [0, 0.05) is 31.1 Å². The first-order valence-corrected chi connectivity index (χ1v) is 13.7. The summed E-state index contributed by atoms with van der Waals surface area (Å²) in [5, 5.41) is 15.1. The van der Waals surface area contributed by atoms with Gasteiger partial charge in [-0.3, -0.25) is 9.89 Å². The molecule has 37 heavy (non-hydrogen) atoms. The van der Waals surface area contributed by atoms with Gasteiger partial charge in [-0.25, -0.2) is 13.4 Å². The lowest BCUT2D eigenvalue weighted by atomic mass is 9.99. The lowest BCUT2D eigenvalue weighted by Gasteiger charge is -2.43. The second kappa shape index (κ2) is 9.80. The summed E-state index contributed by atoms with van der Waals surface area (Å²) in [7, 11) is -3.62. The summed E-state index contributed by atoms with van der Waals surface area (Å²) in [6.07, 6.45) is -3.55. The largest absolute Gasteiger partial charge is 0.431 e. The molecular weight excluding hydrogens is 513 g/mol. The number of allylic oxidation sites excluding steroid dienone is 1. The number of hydrogen-bond acceptors (Lipinski definition) is 9. The van der Waals surface area contributed by atoms with E-state index < -0.39 is 46.7 Å². The normalized spacial score (nSPS) is 21.9. The first-order chi connectivity index (χ1) is 17.3. The topological polar surface area (TPSA) is 129 Å². The van der Waals surface area contributed by atoms with E-state index in [9.17, 15) is 31.6 Å². The Morgan fingerprint density at radius 1 is 1.27 bits per heavy atom. The van der Waals surface area contributed by atoms with E-state index in [1.54, 1.807) is 11.8 Å². The molecule has 0 amide bonds. The third-order valence-electron chi connectivity index (χ3n) is 6.75. The number of fused-ring (bicyclic) bond motifs is 3. The van der Waals surface area contributed by atoms with Crippen LogP contribution in [0.2, 0.25) is 0 Å². The Labute approximate surface area is 212 Å². The average molecular weight is 543 g/mol. The van der Waals surface area contributed by atoms with Crippen molar-refractivity contribution < 1.29 is 26.7 Å². The SMILES string of the molecule is CCC(N=O)C1=C(C(F)(F)F)NC(N2CCn3c(nc4cc(CO)c(S(C)(=O)=O)cc43)[C@@H]2C(C)C)N=C1. The molecule has 3 atom stereocenters. The van der Waals surface area contributed by atoms with Crippen LogP contribution in [0.25, 0.3) is 11.0 Å². The van der Waals surface area contributed by atoms with Gasteiger partial charge in [0.1, 0.15) is 17.6 Å². The lowest BCUT2D eigenvalue weighted by Crippen LogP contribution is -2.54. The summed E-state index contributed by atoms with van der Waals surface area (Å²) < 4.78 is 68.4. The van der Waals surface area contributed by atoms with Gasteiger partial charge < -0.3 is 15.0 Å². The number of sulfone groups is 1. The van der Waals surface area contributed by atoms with Crippen LogP contribution in [0.4, 0.5) is 13.2 Å². The predicted molar refractivity (Wildman–Crippen MR) is 131 cm³/mol. The van der Waals surface area contributed by atoms with Crippen LogP contribution in [0, 0.1) is 10.8 Å². The number of halogens is 3. The Bertz CT molecular complexity index is 1380. The van der Waals surface area contributed by atoms with Gasteiger partial charge in [0.2, 0.25) is 0 Å². The molecular formula is C23H29F3N6O4S. The molecule has 0 saturated carbocycles. The molecule has 0 spiro atoms. The van der Waals surface area contributed by atoms with Crippen LogP contribution in [-0.2, 0) is 23.0 Å². The van der Waals surface area contributed by atoms with Crippen LogP contribution in [-0.4, -0.2) is 65.5 Å². The number of alkyl halides is 3. The maximum Gasteiger partial charge on any atom is 0.431 e. The fourth-order valence-corrected chi connectivity index (χ4v) is 6.01. The van der Waals surface area contributed by atoms with Crippen molar-refractivity contribution in [3.05, 3.63) is 39.7 Å². The van der Waals surface area contributed by atoms with E-state index in [1.165, 1.54) is 12.1 Å². The first kappa shape index (κ1) is 27.2. The number of nitrogens with zero attached hydrogens (tertiary/aromatic N) is 5. The Balaban J connectivity index is 1.78. The second-order valence-electron chi connectivity index (χ2n) is 9.58. The molecule has 10 nitrogen and oxygen atoms in total. The molecule has 4 rings (SSSR count). The predicted octanol–water partition coefficient (Wildman–Crippen LogP) is 3.26. The number of nitroso groups, excluding NO2 is 1. The number of aliphatic hydroxyl groups is 1. The molecule has 14 heteroatoms. The first-order valence-electron chi connectivity index (χ1n) is 11.8. The van der Waals surface area contributed by atoms with E-state index in [1.807, 2.05) is 18.4 Å². The van der Waals surface area contributed by atoms with Gasteiger partial charge in [0.15, 0.2) is 16.1 Å². The van der Waals surface area contributed by atoms with Crippen LogP contribution in [0.1, 0.15) is 44.6 Å². The highest BCUT2D eigenvalue weighted by Gasteiger charge is 2.44. The highest BCUT2D eigenvalue weighted by Crippen LogP contribution is 2.38. The molecule has 0 saturated heterocycles. The van der Waals surface area contributed by atoms with Crippen molar-refractivity contribution >= 4 is 27.1 Å². The van der Waals surface area contributed by atoms with E-state index >= 15 is 0 Å². The van der Waals surface area contributed by atoms with E-state index in [4.69, 9.17) is 4.98 Å². The summed E-state index contributed by atoms with van der Waals surface area (Å²) in [4.78, 5) is 22.0. The summed E-state index contributed by atoms with van der Waals surface area (Å²) in [6.45, 7) is 5.55. The van der Waals surface area contributed by atoms with Crippen molar-refractivity contribution in [2.75, 3.05) is 12.8 Å². The molecule has 2 N–H and O–H groups in total. The van der Waals surface area contributed by atoms with E-state index in [2.05, 4.69) is 15.5 Å². The fraction of sp³-hybridized carbons (Fsp3) is 0.565. The van der Waals surface area contributed by atoms with E-state index in [-0.39, 0.29) is 28.4 Å². The van der Waals surface area contributed by atoms with Crippen molar-refractivity contribution in [1.29, 1.82) is 0 Å². The summed E-state index contributed by atoms with van der Waals surface area (Å²) in [5.74, 6) is 0.464. The highest BCUT2D eigenvalue weighted by atomic mass is 32.2. The van der Waals surface area contributed by atoms with Gasteiger partial charge in [-0.2, -0.15) is 18.1 Å². The summed E-state index contributed by atoms with van der Waals surface area (Å²) >= 11 is 0. The van der Waals surface area contributed by atoms with Gasteiger partial charge in [0.05, 0.1) is 28.6 Å². The summed E-state index contributed by atoms with van der Waals surface area (Å²) in [6, 6.07) is 1.39. The average Bonchev–Trinajstić information content (AvgIpc) is 3.19. The Morgan fingerprint density at radius 2 is 1.97 bits per heavy atom. The number of rotatable bonds is 7. The molecule has 0 radical (unpaired) electrons. The maximum absolute atomic E-state index is 14.0. The number of nitrogens with one attached hydrogen (secondary N) is 1.